The van der Waals surface area contributed by atoms with Gasteiger partial charge >= 0.3 is 5.97 Å². The van der Waals surface area contributed by atoms with Gasteiger partial charge in [0.15, 0.2) is 0 Å². The highest BCUT2D eigenvalue weighted by atomic mass is 16.4. The molecule has 112 valence electrons. The van der Waals surface area contributed by atoms with Gasteiger partial charge in [0.2, 0.25) is 0 Å². The summed E-state index contributed by atoms with van der Waals surface area (Å²) in [5.74, 6) is -1.05. The fraction of sp³-hybridized carbons (Fsp3) is 0. The molecule has 0 saturated carbocycles. The average Bonchev–Trinajstić information content (AvgIpc) is 2.59. The SMILES string of the molecule is O=Cc1ccc(N=Nc2ccc3ccccc3c2C(=O)O)cc1. The van der Waals surface area contributed by atoms with E-state index in [4.69, 9.17) is 0 Å². The quantitative estimate of drug-likeness (QED) is 0.557. The van der Waals surface area contributed by atoms with E-state index in [1.165, 1.54) is 0 Å². The maximum atomic E-state index is 11.6. The van der Waals surface area contributed by atoms with E-state index >= 15 is 0 Å². The zero-order valence-electron chi connectivity index (χ0n) is 12.0. The van der Waals surface area contributed by atoms with Gasteiger partial charge in [0.1, 0.15) is 12.0 Å². The van der Waals surface area contributed by atoms with Crippen molar-refractivity contribution < 1.29 is 14.7 Å². The van der Waals surface area contributed by atoms with Crippen LogP contribution in [0, 0.1) is 0 Å². The van der Waals surface area contributed by atoms with Crippen LogP contribution in [0.3, 0.4) is 0 Å². The van der Waals surface area contributed by atoms with Gasteiger partial charge in [-0.25, -0.2) is 4.79 Å². The number of nitrogens with zero attached hydrogens (tertiary/aromatic N) is 2. The predicted octanol–water partition coefficient (Wildman–Crippen LogP) is 4.77. The number of carboxylic acids is 1. The average molecular weight is 304 g/mol. The number of aromatic carboxylic acids is 1. The first kappa shape index (κ1) is 14.6. The Morgan fingerprint density at radius 3 is 2.35 bits per heavy atom. The topological polar surface area (TPSA) is 79.1 Å². The lowest BCUT2D eigenvalue weighted by atomic mass is 10.0. The molecule has 3 aromatic carbocycles. The zero-order chi connectivity index (χ0) is 16.2. The van der Waals surface area contributed by atoms with Crippen LogP contribution in [0.4, 0.5) is 11.4 Å². The first-order chi connectivity index (χ1) is 11.2. The Morgan fingerprint density at radius 1 is 0.913 bits per heavy atom. The summed E-state index contributed by atoms with van der Waals surface area (Å²) < 4.78 is 0. The molecular weight excluding hydrogens is 292 g/mol. The van der Waals surface area contributed by atoms with Crippen molar-refractivity contribution in [2.45, 2.75) is 0 Å². The highest BCUT2D eigenvalue weighted by Gasteiger charge is 2.14. The van der Waals surface area contributed by atoms with Gasteiger partial charge in [-0.1, -0.05) is 30.3 Å². The van der Waals surface area contributed by atoms with E-state index in [1.807, 2.05) is 18.2 Å². The third-order valence-corrected chi connectivity index (χ3v) is 3.42. The van der Waals surface area contributed by atoms with Crippen molar-refractivity contribution in [3.8, 4) is 0 Å². The van der Waals surface area contributed by atoms with E-state index in [0.29, 0.717) is 16.6 Å². The Bertz CT molecular complexity index is 915. The number of carbonyl (C=O) groups excluding carboxylic acids is 1. The summed E-state index contributed by atoms with van der Waals surface area (Å²) in [5.41, 5.74) is 1.49. The second kappa shape index (κ2) is 6.19. The summed E-state index contributed by atoms with van der Waals surface area (Å²) in [4.78, 5) is 22.2. The Kier molecular flexibility index (Phi) is 3.93. The number of rotatable bonds is 4. The molecule has 0 saturated heterocycles. The summed E-state index contributed by atoms with van der Waals surface area (Å²) in [6.07, 6.45) is 0.743. The molecular formula is C18H12N2O3. The van der Waals surface area contributed by atoms with E-state index in [9.17, 15) is 14.7 Å². The first-order valence-electron chi connectivity index (χ1n) is 6.91. The van der Waals surface area contributed by atoms with Gasteiger partial charge in [0.05, 0.1) is 11.3 Å². The number of carboxylic acid groups (broad SMARTS) is 1. The van der Waals surface area contributed by atoms with Crippen LogP contribution in [0.15, 0.2) is 70.9 Å². The molecule has 0 radical (unpaired) electrons. The largest absolute Gasteiger partial charge is 0.478 e. The summed E-state index contributed by atoms with van der Waals surface area (Å²) in [6.45, 7) is 0. The van der Waals surface area contributed by atoms with Gasteiger partial charge in [-0.05, 0) is 41.1 Å². The number of carbonyl (C=O) groups is 2. The van der Waals surface area contributed by atoms with Crippen molar-refractivity contribution in [1.29, 1.82) is 0 Å². The third kappa shape index (κ3) is 2.98. The second-order valence-electron chi connectivity index (χ2n) is 4.90. The molecule has 0 aromatic heterocycles. The lowest BCUT2D eigenvalue weighted by Gasteiger charge is -2.05. The number of hydrogen-bond donors (Lipinski definition) is 1. The first-order valence-corrected chi connectivity index (χ1v) is 6.91. The normalized spacial score (nSPS) is 11.0. The van der Waals surface area contributed by atoms with Crippen LogP contribution in [0.25, 0.3) is 10.8 Å². The molecule has 0 atom stereocenters. The molecule has 0 bridgehead atoms. The number of azo groups is 1. The smallest absolute Gasteiger partial charge is 0.338 e. The minimum absolute atomic E-state index is 0.122. The van der Waals surface area contributed by atoms with Crippen LogP contribution in [0.2, 0.25) is 0 Å². The molecule has 0 fully saturated rings. The van der Waals surface area contributed by atoms with Crippen LogP contribution in [0.5, 0.6) is 0 Å². The maximum Gasteiger partial charge on any atom is 0.338 e. The summed E-state index contributed by atoms with van der Waals surface area (Å²) in [5, 5.41) is 19.0. The van der Waals surface area contributed by atoms with Gasteiger partial charge in [-0.3, -0.25) is 4.79 Å². The standard InChI is InChI=1S/C18H12N2O3/c21-11-12-5-8-14(9-6-12)19-20-16-10-7-13-3-1-2-4-15(13)17(16)18(22)23/h1-11H,(H,22,23). The van der Waals surface area contributed by atoms with Crippen molar-refractivity contribution in [3.05, 3.63) is 71.8 Å². The van der Waals surface area contributed by atoms with Crippen molar-refractivity contribution in [2.75, 3.05) is 0 Å². The Hall–Kier alpha value is -3.34. The lowest BCUT2D eigenvalue weighted by Crippen LogP contribution is -1.98. The molecule has 0 spiro atoms. The van der Waals surface area contributed by atoms with Crippen molar-refractivity contribution in [1.82, 2.24) is 0 Å². The minimum atomic E-state index is -1.05. The van der Waals surface area contributed by atoms with E-state index in [0.717, 1.165) is 11.7 Å². The molecule has 0 unspecified atom stereocenters. The summed E-state index contributed by atoms with van der Waals surface area (Å²) >= 11 is 0. The third-order valence-electron chi connectivity index (χ3n) is 3.42. The molecule has 0 aliphatic heterocycles. The van der Waals surface area contributed by atoms with Crippen LogP contribution in [-0.2, 0) is 0 Å². The molecule has 0 aliphatic carbocycles. The molecule has 3 rings (SSSR count). The number of fused-ring (bicyclic) bond motifs is 1. The minimum Gasteiger partial charge on any atom is -0.478 e. The van der Waals surface area contributed by atoms with E-state index < -0.39 is 5.97 Å². The molecule has 23 heavy (non-hydrogen) atoms. The molecule has 3 aromatic rings. The predicted molar refractivity (Wildman–Crippen MR) is 86.9 cm³/mol. The highest BCUT2D eigenvalue weighted by Crippen LogP contribution is 2.29. The Balaban J connectivity index is 2.04. The lowest BCUT2D eigenvalue weighted by molar-refractivity contribution is 0.0699. The van der Waals surface area contributed by atoms with Crippen molar-refractivity contribution >= 4 is 34.4 Å². The zero-order valence-corrected chi connectivity index (χ0v) is 12.0. The van der Waals surface area contributed by atoms with Gasteiger partial charge in [0.25, 0.3) is 0 Å². The molecule has 0 aliphatic rings. The molecule has 0 amide bonds. The van der Waals surface area contributed by atoms with E-state index in [2.05, 4.69) is 10.2 Å². The Morgan fingerprint density at radius 2 is 1.65 bits per heavy atom. The van der Waals surface area contributed by atoms with E-state index in [-0.39, 0.29) is 11.3 Å². The van der Waals surface area contributed by atoms with Crippen molar-refractivity contribution in [2.24, 2.45) is 10.2 Å². The number of benzene rings is 3. The van der Waals surface area contributed by atoms with E-state index in [1.54, 1.807) is 42.5 Å². The van der Waals surface area contributed by atoms with Crippen LogP contribution in [-0.4, -0.2) is 17.4 Å². The molecule has 1 N–H and O–H groups in total. The molecule has 5 nitrogen and oxygen atoms in total. The van der Waals surface area contributed by atoms with Gasteiger partial charge in [0, 0.05) is 5.56 Å². The number of hydrogen-bond acceptors (Lipinski definition) is 4. The van der Waals surface area contributed by atoms with Gasteiger partial charge < -0.3 is 5.11 Å². The fourth-order valence-corrected chi connectivity index (χ4v) is 2.30. The monoisotopic (exact) mass is 304 g/mol. The fourth-order valence-electron chi connectivity index (χ4n) is 2.30. The van der Waals surface area contributed by atoms with Crippen LogP contribution < -0.4 is 0 Å². The Labute approximate surface area is 131 Å². The second-order valence-corrected chi connectivity index (χ2v) is 4.90. The molecule has 5 heteroatoms. The van der Waals surface area contributed by atoms with Crippen molar-refractivity contribution in [3.63, 3.8) is 0 Å². The van der Waals surface area contributed by atoms with Crippen LogP contribution >= 0.6 is 0 Å². The number of aldehydes is 1. The summed E-state index contributed by atoms with van der Waals surface area (Å²) in [7, 11) is 0. The van der Waals surface area contributed by atoms with Crippen LogP contribution in [0.1, 0.15) is 20.7 Å². The van der Waals surface area contributed by atoms with Gasteiger partial charge in [-0.2, -0.15) is 5.11 Å². The maximum absolute atomic E-state index is 11.6. The van der Waals surface area contributed by atoms with Gasteiger partial charge in [-0.15, -0.1) is 5.11 Å². The molecule has 0 heterocycles. The summed E-state index contributed by atoms with van der Waals surface area (Å²) in [6, 6.07) is 17.2. The highest BCUT2D eigenvalue weighted by molar-refractivity contribution is 6.08.